The van der Waals surface area contributed by atoms with Gasteiger partial charge in [0.05, 0.1) is 5.69 Å². The number of halogens is 1. The molecule has 0 aromatic heterocycles. The Bertz CT molecular complexity index is 653. The third kappa shape index (κ3) is 3.75. The van der Waals surface area contributed by atoms with E-state index >= 15 is 0 Å². The van der Waals surface area contributed by atoms with Crippen molar-refractivity contribution in [3.63, 3.8) is 0 Å². The Balaban J connectivity index is 1.96. The fourth-order valence-electron chi connectivity index (χ4n) is 1.68. The van der Waals surface area contributed by atoms with E-state index in [0.29, 0.717) is 5.56 Å². The van der Waals surface area contributed by atoms with Crippen LogP contribution < -0.4 is 10.6 Å². The number of benzene rings is 2. The molecule has 0 saturated heterocycles. The molecule has 6 nitrogen and oxygen atoms in total. The summed E-state index contributed by atoms with van der Waals surface area (Å²) in [6.07, 6.45) is 0. The van der Waals surface area contributed by atoms with Crippen molar-refractivity contribution in [2.75, 3.05) is 5.32 Å². The number of carbonyl (C=O) groups is 1. The minimum absolute atomic E-state index is 0.0968. The topological polar surface area (TPSA) is 102 Å². The number of carbonyl (C=O) groups excluding carboxylic acids is 1. The van der Waals surface area contributed by atoms with Crippen LogP contribution in [0.3, 0.4) is 0 Å². The van der Waals surface area contributed by atoms with Gasteiger partial charge in [0.25, 0.3) is 0 Å². The van der Waals surface area contributed by atoms with E-state index in [1.54, 1.807) is 6.07 Å². The van der Waals surface area contributed by atoms with E-state index < -0.39 is 29.1 Å². The molecule has 2 rings (SSSR count). The van der Waals surface area contributed by atoms with Crippen LogP contribution in [0.5, 0.6) is 17.2 Å². The average Bonchev–Trinajstić information content (AvgIpc) is 2.42. The molecule has 0 unspecified atom stereocenters. The third-order valence-electron chi connectivity index (χ3n) is 2.67. The highest BCUT2D eigenvalue weighted by Crippen LogP contribution is 2.37. The molecule has 0 aliphatic heterocycles. The number of urea groups is 1. The van der Waals surface area contributed by atoms with Crippen LogP contribution in [0.2, 0.25) is 0 Å². The molecule has 110 valence electrons. The second-order valence-electron chi connectivity index (χ2n) is 4.30. The van der Waals surface area contributed by atoms with Crippen LogP contribution in [0.25, 0.3) is 0 Å². The number of nitrogens with one attached hydrogen (secondary N) is 2. The maximum Gasteiger partial charge on any atom is 0.319 e. The van der Waals surface area contributed by atoms with E-state index in [9.17, 15) is 24.5 Å². The first kappa shape index (κ1) is 14.4. The molecule has 0 bridgehead atoms. The van der Waals surface area contributed by atoms with E-state index in [4.69, 9.17) is 0 Å². The van der Waals surface area contributed by atoms with Crippen LogP contribution in [0.15, 0.2) is 36.4 Å². The van der Waals surface area contributed by atoms with Crippen LogP contribution in [0.4, 0.5) is 14.9 Å². The molecule has 2 aromatic rings. The van der Waals surface area contributed by atoms with E-state index in [1.165, 1.54) is 18.2 Å². The van der Waals surface area contributed by atoms with Crippen molar-refractivity contribution in [1.29, 1.82) is 0 Å². The van der Waals surface area contributed by atoms with Gasteiger partial charge in [-0.1, -0.05) is 12.1 Å². The lowest BCUT2D eigenvalue weighted by Crippen LogP contribution is -2.28. The predicted octanol–water partition coefficient (Wildman–Crippen LogP) is 2.26. The molecule has 0 aliphatic carbocycles. The second-order valence-corrected chi connectivity index (χ2v) is 4.30. The van der Waals surface area contributed by atoms with Gasteiger partial charge in [-0.3, -0.25) is 0 Å². The van der Waals surface area contributed by atoms with Gasteiger partial charge in [-0.2, -0.15) is 0 Å². The van der Waals surface area contributed by atoms with E-state index in [-0.39, 0.29) is 12.2 Å². The van der Waals surface area contributed by atoms with Gasteiger partial charge in [-0.25, -0.2) is 9.18 Å². The lowest BCUT2D eigenvalue weighted by Gasteiger charge is -2.09. The minimum atomic E-state index is -0.666. The van der Waals surface area contributed by atoms with Crippen LogP contribution in [0, 0.1) is 5.82 Å². The van der Waals surface area contributed by atoms with Gasteiger partial charge in [-0.05, 0) is 17.7 Å². The first-order valence-electron chi connectivity index (χ1n) is 6.00. The van der Waals surface area contributed by atoms with Crippen molar-refractivity contribution >= 4 is 11.7 Å². The normalized spacial score (nSPS) is 10.1. The Labute approximate surface area is 119 Å². The van der Waals surface area contributed by atoms with Gasteiger partial charge >= 0.3 is 6.03 Å². The van der Waals surface area contributed by atoms with Crippen molar-refractivity contribution in [3.05, 3.63) is 47.8 Å². The van der Waals surface area contributed by atoms with Crippen molar-refractivity contribution in [3.8, 4) is 17.2 Å². The highest BCUT2D eigenvalue weighted by atomic mass is 19.1. The number of amides is 2. The zero-order valence-electron chi connectivity index (χ0n) is 10.8. The lowest BCUT2D eigenvalue weighted by atomic mass is 10.2. The summed E-state index contributed by atoms with van der Waals surface area (Å²) in [5.74, 6) is -2.19. The molecule has 2 aromatic carbocycles. The summed E-state index contributed by atoms with van der Waals surface area (Å²) in [6.45, 7) is 0.111. The monoisotopic (exact) mass is 292 g/mol. The number of phenols is 3. The van der Waals surface area contributed by atoms with Crippen molar-refractivity contribution in [2.45, 2.75) is 6.54 Å². The maximum absolute atomic E-state index is 13.0. The zero-order valence-corrected chi connectivity index (χ0v) is 10.8. The summed E-state index contributed by atoms with van der Waals surface area (Å²) < 4.78 is 13.0. The number of phenolic OH excluding ortho intramolecular Hbond substituents is 3. The molecule has 0 spiro atoms. The zero-order chi connectivity index (χ0) is 15.4. The quantitative estimate of drug-likeness (QED) is 0.442. The average molecular weight is 292 g/mol. The van der Waals surface area contributed by atoms with E-state index in [1.807, 2.05) is 0 Å². The molecule has 21 heavy (non-hydrogen) atoms. The van der Waals surface area contributed by atoms with Gasteiger partial charge in [0.2, 0.25) is 0 Å². The van der Waals surface area contributed by atoms with Crippen molar-refractivity contribution in [1.82, 2.24) is 5.32 Å². The number of anilines is 1. The molecule has 0 saturated carbocycles. The van der Waals surface area contributed by atoms with Gasteiger partial charge in [0.15, 0.2) is 17.2 Å². The Morgan fingerprint density at radius 3 is 2.38 bits per heavy atom. The number of hydrogen-bond acceptors (Lipinski definition) is 4. The molecule has 0 fully saturated rings. The summed E-state index contributed by atoms with van der Waals surface area (Å²) in [5, 5.41) is 32.6. The molecule has 0 radical (unpaired) electrons. The standard InChI is InChI=1S/C14H13FN2O4/c15-9-3-1-2-8(4-9)7-16-14(21)17-10-5-11(18)13(20)12(19)6-10/h1-6,18-20H,7H2,(H2,16,17,21). The van der Waals surface area contributed by atoms with Gasteiger partial charge in [0, 0.05) is 18.7 Å². The summed E-state index contributed by atoms with van der Waals surface area (Å²) in [6, 6.07) is 7.32. The highest BCUT2D eigenvalue weighted by molar-refractivity contribution is 5.90. The minimum Gasteiger partial charge on any atom is -0.504 e. The SMILES string of the molecule is O=C(NCc1cccc(F)c1)Nc1cc(O)c(O)c(O)c1. The number of aromatic hydroxyl groups is 3. The molecule has 0 aliphatic rings. The first-order valence-corrected chi connectivity index (χ1v) is 6.00. The summed E-state index contributed by atoms with van der Waals surface area (Å²) in [7, 11) is 0. The molecule has 2 amide bonds. The van der Waals surface area contributed by atoms with Crippen LogP contribution in [-0.2, 0) is 6.54 Å². The Morgan fingerprint density at radius 2 is 1.76 bits per heavy atom. The largest absolute Gasteiger partial charge is 0.504 e. The Hall–Kier alpha value is -2.96. The molecule has 5 N–H and O–H groups in total. The summed E-state index contributed by atoms with van der Waals surface area (Å²) >= 11 is 0. The molecule has 7 heteroatoms. The Morgan fingerprint density at radius 1 is 1.10 bits per heavy atom. The van der Waals surface area contributed by atoms with Crippen LogP contribution in [0.1, 0.15) is 5.56 Å². The first-order chi connectivity index (χ1) is 9.95. The predicted molar refractivity (Wildman–Crippen MR) is 73.7 cm³/mol. The Kier molecular flexibility index (Phi) is 4.13. The molecular weight excluding hydrogens is 279 g/mol. The third-order valence-corrected chi connectivity index (χ3v) is 2.67. The van der Waals surface area contributed by atoms with Crippen molar-refractivity contribution < 1.29 is 24.5 Å². The number of rotatable bonds is 3. The van der Waals surface area contributed by atoms with Crippen LogP contribution >= 0.6 is 0 Å². The fourth-order valence-corrected chi connectivity index (χ4v) is 1.68. The fraction of sp³-hybridized carbons (Fsp3) is 0.0714. The summed E-state index contributed by atoms with van der Waals surface area (Å²) in [5.41, 5.74) is 0.682. The van der Waals surface area contributed by atoms with Gasteiger partial charge in [-0.15, -0.1) is 0 Å². The maximum atomic E-state index is 13.0. The van der Waals surface area contributed by atoms with Crippen molar-refractivity contribution in [2.24, 2.45) is 0 Å². The van der Waals surface area contributed by atoms with Gasteiger partial charge in [0.1, 0.15) is 5.82 Å². The molecule has 0 atom stereocenters. The molecule has 0 heterocycles. The second kappa shape index (κ2) is 6.00. The molecular formula is C14H13FN2O4. The van der Waals surface area contributed by atoms with Gasteiger partial charge < -0.3 is 26.0 Å². The van der Waals surface area contributed by atoms with E-state index in [2.05, 4.69) is 10.6 Å². The smallest absolute Gasteiger partial charge is 0.319 e. The summed E-state index contributed by atoms with van der Waals surface area (Å²) in [4.78, 5) is 11.6. The number of hydrogen-bond donors (Lipinski definition) is 5. The highest BCUT2D eigenvalue weighted by Gasteiger charge is 2.10. The van der Waals surface area contributed by atoms with Crippen LogP contribution in [-0.4, -0.2) is 21.4 Å². The lowest BCUT2D eigenvalue weighted by molar-refractivity contribution is 0.251. The van der Waals surface area contributed by atoms with E-state index in [0.717, 1.165) is 12.1 Å².